The van der Waals surface area contributed by atoms with Gasteiger partial charge < -0.3 is 9.47 Å². The van der Waals surface area contributed by atoms with Gasteiger partial charge in [-0.25, -0.2) is 0 Å². The van der Waals surface area contributed by atoms with Gasteiger partial charge in [0.2, 0.25) is 5.91 Å². The number of aromatic nitrogens is 1. The zero-order valence-corrected chi connectivity index (χ0v) is 11.5. The molecule has 0 N–H and O–H groups in total. The Morgan fingerprint density at radius 1 is 1.39 bits per heavy atom. The van der Waals surface area contributed by atoms with Crippen LogP contribution in [0.1, 0.15) is 32.3 Å². The number of carbonyl (C=O) groups is 1. The largest absolute Gasteiger partial charge is 0.341 e. The number of aryl methyl sites for hydroxylation is 1. The number of hydrogen-bond donors (Lipinski definition) is 0. The van der Waals surface area contributed by atoms with E-state index < -0.39 is 0 Å². The lowest BCUT2D eigenvalue weighted by molar-refractivity contribution is -0.131. The van der Waals surface area contributed by atoms with Gasteiger partial charge in [0.15, 0.2) is 0 Å². The molecule has 1 amide bonds. The van der Waals surface area contributed by atoms with Gasteiger partial charge in [-0.1, -0.05) is 19.4 Å². The predicted molar refractivity (Wildman–Crippen MR) is 72.6 cm³/mol. The van der Waals surface area contributed by atoms with Crippen LogP contribution in [0.2, 0.25) is 0 Å². The number of pyridine rings is 1. The maximum atomic E-state index is 12.1. The third-order valence-corrected chi connectivity index (χ3v) is 3.03. The van der Waals surface area contributed by atoms with Gasteiger partial charge in [-0.05, 0) is 26.3 Å². The second-order valence-electron chi connectivity index (χ2n) is 4.45. The Bertz CT molecular complexity index is 451. The summed E-state index contributed by atoms with van der Waals surface area (Å²) in [5, 5.41) is 0. The van der Waals surface area contributed by atoms with Crippen molar-refractivity contribution in [2.75, 3.05) is 13.1 Å². The van der Waals surface area contributed by atoms with Crippen LogP contribution in [0.25, 0.3) is 0 Å². The molecule has 0 aromatic carbocycles. The van der Waals surface area contributed by atoms with Crippen molar-refractivity contribution in [2.24, 2.45) is 0 Å². The molecule has 0 aliphatic heterocycles. The van der Waals surface area contributed by atoms with Crippen molar-refractivity contribution in [1.82, 2.24) is 9.47 Å². The number of amides is 1. The van der Waals surface area contributed by atoms with Crippen molar-refractivity contribution in [3.8, 4) is 0 Å². The molecule has 0 saturated carbocycles. The summed E-state index contributed by atoms with van der Waals surface area (Å²) in [6.07, 6.45) is 3.73. The monoisotopic (exact) mass is 250 g/mol. The quantitative estimate of drug-likeness (QED) is 0.772. The number of likely N-dealkylation sites (N-methyl/N-ethyl adjacent to an activating group) is 1. The molecular weight excluding hydrogens is 228 g/mol. The molecule has 0 saturated heterocycles. The second kappa shape index (κ2) is 6.99. The summed E-state index contributed by atoms with van der Waals surface area (Å²) >= 11 is 0. The summed E-state index contributed by atoms with van der Waals surface area (Å²) in [5.74, 6) is 0.0126. The van der Waals surface area contributed by atoms with E-state index in [2.05, 4.69) is 6.92 Å². The van der Waals surface area contributed by atoms with Gasteiger partial charge in [-0.2, -0.15) is 0 Å². The molecule has 0 bridgehead atoms. The van der Waals surface area contributed by atoms with Crippen LogP contribution in [0.3, 0.4) is 0 Å². The highest BCUT2D eigenvalue weighted by atomic mass is 16.2. The zero-order chi connectivity index (χ0) is 13.5. The molecule has 0 unspecified atom stereocenters. The highest BCUT2D eigenvalue weighted by Gasteiger charge is 2.12. The third-order valence-electron chi connectivity index (χ3n) is 3.03. The van der Waals surface area contributed by atoms with Gasteiger partial charge in [0.25, 0.3) is 5.56 Å². The van der Waals surface area contributed by atoms with E-state index in [0.717, 1.165) is 19.4 Å². The van der Waals surface area contributed by atoms with Crippen LogP contribution in [0.5, 0.6) is 0 Å². The first-order valence-corrected chi connectivity index (χ1v) is 6.54. The lowest BCUT2D eigenvalue weighted by Crippen LogP contribution is -2.37. The summed E-state index contributed by atoms with van der Waals surface area (Å²) in [6.45, 7) is 7.43. The Hall–Kier alpha value is -1.58. The number of hydrogen-bond acceptors (Lipinski definition) is 2. The van der Waals surface area contributed by atoms with Crippen LogP contribution in [-0.4, -0.2) is 28.5 Å². The molecule has 4 nitrogen and oxygen atoms in total. The van der Waals surface area contributed by atoms with Crippen LogP contribution in [-0.2, 0) is 11.3 Å². The number of nitrogens with zero attached hydrogens (tertiary/aromatic N) is 2. The summed E-state index contributed by atoms with van der Waals surface area (Å²) < 4.78 is 1.48. The van der Waals surface area contributed by atoms with E-state index in [0.29, 0.717) is 12.1 Å². The molecule has 1 aromatic rings. The second-order valence-corrected chi connectivity index (χ2v) is 4.45. The molecule has 100 valence electrons. The van der Waals surface area contributed by atoms with E-state index in [1.807, 2.05) is 6.92 Å². The summed E-state index contributed by atoms with van der Waals surface area (Å²) in [5.41, 5.74) is 0.583. The first-order chi connectivity index (χ1) is 8.60. The standard InChI is InChI=1S/C14H22N2O2/c1-4-6-9-15(5-2)13(17)11-16-10-7-8-12(3)14(16)18/h7-8,10H,4-6,9,11H2,1-3H3. The Kier molecular flexibility index (Phi) is 5.62. The molecule has 0 spiro atoms. The van der Waals surface area contributed by atoms with Crippen molar-refractivity contribution < 1.29 is 4.79 Å². The average molecular weight is 250 g/mol. The summed E-state index contributed by atoms with van der Waals surface area (Å²) in [4.78, 5) is 25.7. The van der Waals surface area contributed by atoms with Gasteiger partial charge in [0, 0.05) is 24.8 Å². The molecule has 0 radical (unpaired) electrons. The van der Waals surface area contributed by atoms with Crippen molar-refractivity contribution in [2.45, 2.75) is 40.2 Å². The Labute approximate surface area is 108 Å². The molecule has 0 fully saturated rings. The van der Waals surface area contributed by atoms with Crippen LogP contribution in [0.4, 0.5) is 0 Å². The third kappa shape index (κ3) is 3.72. The van der Waals surface area contributed by atoms with Gasteiger partial charge in [0.1, 0.15) is 6.54 Å². The molecule has 18 heavy (non-hydrogen) atoms. The van der Waals surface area contributed by atoms with Crippen molar-refractivity contribution in [3.05, 3.63) is 34.2 Å². The first kappa shape index (κ1) is 14.5. The molecule has 1 heterocycles. The van der Waals surface area contributed by atoms with E-state index in [1.165, 1.54) is 4.57 Å². The van der Waals surface area contributed by atoms with E-state index in [9.17, 15) is 9.59 Å². The average Bonchev–Trinajstić information content (AvgIpc) is 2.36. The maximum Gasteiger partial charge on any atom is 0.253 e. The van der Waals surface area contributed by atoms with Crippen LogP contribution >= 0.6 is 0 Å². The van der Waals surface area contributed by atoms with E-state index >= 15 is 0 Å². The van der Waals surface area contributed by atoms with Crippen molar-refractivity contribution in [1.29, 1.82) is 0 Å². The normalized spacial score (nSPS) is 10.4. The van der Waals surface area contributed by atoms with E-state index in [1.54, 1.807) is 30.2 Å². The zero-order valence-electron chi connectivity index (χ0n) is 11.5. The van der Waals surface area contributed by atoms with E-state index in [-0.39, 0.29) is 18.0 Å². The highest BCUT2D eigenvalue weighted by molar-refractivity contribution is 5.75. The maximum absolute atomic E-state index is 12.1. The Balaban J connectivity index is 2.74. The van der Waals surface area contributed by atoms with Gasteiger partial charge in [-0.15, -0.1) is 0 Å². The van der Waals surface area contributed by atoms with Crippen LogP contribution in [0, 0.1) is 6.92 Å². The molecule has 0 aliphatic rings. The van der Waals surface area contributed by atoms with Crippen LogP contribution < -0.4 is 5.56 Å². The fourth-order valence-corrected chi connectivity index (χ4v) is 1.84. The Morgan fingerprint density at radius 3 is 2.72 bits per heavy atom. The first-order valence-electron chi connectivity index (χ1n) is 6.54. The van der Waals surface area contributed by atoms with Crippen molar-refractivity contribution in [3.63, 3.8) is 0 Å². The van der Waals surface area contributed by atoms with Gasteiger partial charge in [-0.3, -0.25) is 9.59 Å². The molecule has 1 rings (SSSR count). The fourth-order valence-electron chi connectivity index (χ4n) is 1.84. The number of carbonyl (C=O) groups excluding carboxylic acids is 1. The Morgan fingerprint density at radius 2 is 2.11 bits per heavy atom. The minimum absolute atomic E-state index is 0.0126. The number of rotatable bonds is 6. The molecule has 1 aromatic heterocycles. The summed E-state index contributed by atoms with van der Waals surface area (Å²) in [6, 6.07) is 3.56. The molecule has 0 aliphatic carbocycles. The highest BCUT2D eigenvalue weighted by Crippen LogP contribution is 1.98. The lowest BCUT2D eigenvalue weighted by atomic mass is 10.3. The molecule has 4 heteroatoms. The minimum Gasteiger partial charge on any atom is -0.341 e. The minimum atomic E-state index is -0.0857. The van der Waals surface area contributed by atoms with Crippen molar-refractivity contribution >= 4 is 5.91 Å². The van der Waals surface area contributed by atoms with E-state index in [4.69, 9.17) is 0 Å². The molecule has 0 atom stereocenters. The van der Waals surface area contributed by atoms with Gasteiger partial charge in [0.05, 0.1) is 0 Å². The molecular formula is C14H22N2O2. The smallest absolute Gasteiger partial charge is 0.253 e. The topological polar surface area (TPSA) is 42.3 Å². The summed E-state index contributed by atoms with van der Waals surface area (Å²) in [7, 11) is 0. The number of unbranched alkanes of at least 4 members (excludes halogenated alkanes) is 1. The predicted octanol–water partition coefficient (Wildman–Crippen LogP) is 1.81. The fraction of sp³-hybridized carbons (Fsp3) is 0.571. The van der Waals surface area contributed by atoms with Crippen LogP contribution in [0.15, 0.2) is 23.1 Å². The SMILES string of the molecule is CCCCN(CC)C(=O)Cn1cccc(C)c1=O. The lowest BCUT2D eigenvalue weighted by Gasteiger charge is -2.21. The van der Waals surface area contributed by atoms with Gasteiger partial charge >= 0.3 is 0 Å².